The lowest BCUT2D eigenvalue weighted by Gasteiger charge is -2.21. The Labute approximate surface area is 81.2 Å². The Hall–Kier alpha value is -0.810. The fraction of sp³-hybridized carbons (Fsp3) is 0.727. The smallest absolute Gasteiger partial charge is 0.0666 e. The molecule has 0 aliphatic rings. The molecule has 0 rings (SSSR count). The van der Waals surface area contributed by atoms with E-state index in [1.807, 2.05) is 6.92 Å². The van der Waals surface area contributed by atoms with E-state index in [1.165, 1.54) is 0 Å². The first-order chi connectivity index (χ1) is 6.02. The van der Waals surface area contributed by atoms with Crippen LogP contribution in [0.2, 0.25) is 0 Å². The van der Waals surface area contributed by atoms with Gasteiger partial charge in [0.05, 0.1) is 18.1 Å². The van der Waals surface area contributed by atoms with Crippen LogP contribution in [0.1, 0.15) is 40.0 Å². The van der Waals surface area contributed by atoms with Gasteiger partial charge in [0.2, 0.25) is 0 Å². The van der Waals surface area contributed by atoms with Gasteiger partial charge in [-0.2, -0.15) is 5.26 Å². The number of ether oxygens (including phenoxy) is 1. The zero-order valence-electron chi connectivity index (χ0n) is 9.05. The van der Waals surface area contributed by atoms with Gasteiger partial charge in [-0.05, 0) is 33.6 Å². The molecule has 0 unspecified atom stereocenters. The predicted molar refractivity (Wildman–Crippen MR) is 54.3 cm³/mol. The quantitative estimate of drug-likeness (QED) is 0.611. The highest BCUT2D eigenvalue weighted by Gasteiger charge is 2.14. The molecule has 13 heavy (non-hydrogen) atoms. The highest BCUT2D eigenvalue weighted by Crippen LogP contribution is 2.16. The van der Waals surface area contributed by atoms with Crippen LogP contribution < -0.4 is 0 Å². The molecule has 0 fully saturated rings. The van der Waals surface area contributed by atoms with Gasteiger partial charge in [0.15, 0.2) is 0 Å². The van der Waals surface area contributed by atoms with Crippen LogP contribution in [0.4, 0.5) is 0 Å². The predicted octanol–water partition coefficient (Wildman–Crippen LogP) is 3.05. The van der Waals surface area contributed by atoms with Crippen molar-refractivity contribution in [2.75, 3.05) is 7.11 Å². The number of hydrogen-bond donors (Lipinski definition) is 0. The summed E-state index contributed by atoms with van der Waals surface area (Å²) in [5.74, 6) is 0. The van der Waals surface area contributed by atoms with Gasteiger partial charge in [0, 0.05) is 7.11 Å². The van der Waals surface area contributed by atoms with Crippen molar-refractivity contribution in [2.45, 2.75) is 45.6 Å². The normalized spacial score (nSPS) is 12.7. The third-order valence-corrected chi connectivity index (χ3v) is 2.15. The van der Waals surface area contributed by atoms with E-state index in [0.717, 1.165) is 18.4 Å². The summed E-state index contributed by atoms with van der Waals surface area (Å²) in [5, 5.41) is 8.43. The highest BCUT2D eigenvalue weighted by atomic mass is 16.5. The first-order valence-electron chi connectivity index (χ1n) is 4.59. The molecule has 2 heteroatoms. The molecule has 0 N–H and O–H groups in total. The van der Waals surface area contributed by atoms with Crippen molar-refractivity contribution in [3.8, 4) is 6.07 Å². The van der Waals surface area contributed by atoms with Crippen LogP contribution in [0, 0.1) is 11.3 Å². The van der Waals surface area contributed by atoms with E-state index in [9.17, 15) is 0 Å². The third kappa shape index (κ3) is 6.36. The maximum absolute atomic E-state index is 8.43. The Kier molecular flexibility index (Phi) is 5.41. The van der Waals surface area contributed by atoms with Crippen LogP contribution in [0.25, 0.3) is 0 Å². The van der Waals surface area contributed by atoms with Crippen molar-refractivity contribution < 1.29 is 4.74 Å². The van der Waals surface area contributed by atoms with Crippen LogP contribution in [-0.2, 0) is 4.74 Å². The Morgan fingerprint density at radius 3 is 2.62 bits per heavy atom. The van der Waals surface area contributed by atoms with E-state index in [-0.39, 0.29) is 5.60 Å². The molecule has 0 bridgehead atoms. The van der Waals surface area contributed by atoms with Gasteiger partial charge < -0.3 is 4.74 Å². The average molecular weight is 181 g/mol. The van der Waals surface area contributed by atoms with Crippen molar-refractivity contribution in [1.82, 2.24) is 0 Å². The van der Waals surface area contributed by atoms with Crippen LogP contribution in [-0.4, -0.2) is 12.7 Å². The summed E-state index contributed by atoms with van der Waals surface area (Å²) in [4.78, 5) is 0. The maximum atomic E-state index is 8.43. The van der Waals surface area contributed by atoms with Crippen molar-refractivity contribution >= 4 is 0 Å². The number of nitrogens with zero attached hydrogens (tertiary/aromatic N) is 1. The summed E-state index contributed by atoms with van der Waals surface area (Å²) in [6.45, 7) is 6.13. The Balaban J connectivity index is 3.79. The molecular weight excluding hydrogens is 162 g/mol. The monoisotopic (exact) mass is 181 g/mol. The van der Waals surface area contributed by atoms with Gasteiger partial charge in [0.1, 0.15) is 0 Å². The van der Waals surface area contributed by atoms with Crippen LogP contribution in [0.3, 0.4) is 0 Å². The molecule has 0 heterocycles. The first-order valence-corrected chi connectivity index (χ1v) is 4.59. The lowest BCUT2D eigenvalue weighted by atomic mass is 10.0. The average Bonchev–Trinajstić information content (AvgIpc) is 2.05. The summed E-state index contributed by atoms with van der Waals surface area (Å²) in [6, 6.07) is 2.13. The van der Waals surface area contributed by atoms with E-state index in [1.54, 1.807) is 7.11 Å². The molecule has 0 atom stereocenters. The van der Waals surface area contributed by atoms with E-state index in [2.05, 4.69) is 26.0 Å². The molecule has 0 radical (unpaired) electrons. The third-order valence-electron chi connectivity index (χ3n) is 2.15. The lowest BCUT2D eigenvalue weighted by Crippen LogP contribution is -2.21. The van der Waals surface area contributed by atoms with Crippen molar-refractivity contribution in [3.05, 3.63) is 11.6 Å². The number of nitriles is 1. The van der Waals surface area contributed by atoms with Gasteiger partial charge in [-0.25, -0.2) is 0 Å². The van der Waals surface area contributed by atoms with E-state index < -0.39 is 0 Å². The molecule has 0 aliphatic carbocycles. The minimum absolute atomic E-state index is 0.0522. The number of allylic oxidation sites excluding steroid dienone is 2. The molecular formula is C11H19NO. The molecule has 0 aromatic rings. The van der Waals surface area contributed by atoms with Crippen LogP contribution in [0.15, 0.2) is 11.6 Å². The largest absolute Gasteiger partial charge is 0.379 e. The molecule has 2 nitrogen and oxygen atoms in total. The minimum Gasteiger partial charge on any atom is -0.379 e. The van der Waals surface area contributed by atoms with Crippen molar-refractivity contribution in [3.63, 3.8) is 0 Å². The second kappa shape index (κ2) is 5.77. The van der Waals surface area contributed by atoms with E-state index >= 15 is 0 Å². The first kappa shape index (κ1) is 12.2. The SMILES string of the molecule is COC(C)(C)CCC=C(C)CC#N. The fourth-order valence-electron chi connectivity index (χ4n) is 0.965. The number of hydrogen-bond acceptors (Lipinski definition) is 2. The van der Waals surface area contributed by atoms with E-state index in [0.29, 0.717) is 6.42 Å². The second-order valence-electron chi connectivity index (χ2n) is 3.89. The van der Waals surface area contributed by atoms with Crippen molar-refractivity contribution in [2.24, 2.45) is 0 Å². The van der Waals surface area contributed by atoms with Gasteiger partial charge in [-0.1, -0.05) is 11.6 Å². The molecule has 74 valence electrons. The minimum atomic E-state index is -0.0522. The van der Waals surface area contributed by atoms with Gasteiger partial charge in [-0.15, -0.1) is 0 Å². The summed E-state index contributed by atoms with van der Waals surface area (Å²) in [6.07, 6.45) is 4.62. The molecule has 0 saturated heterocycles. The summed E-state index contributed by atoms with van der Waals surface area (Å²) in [5.41, 5.74) is 1.10. The van der Waals surface area contributed by atoms with Crippen LogP contribution in [0.5, 0.6) is 0 Å². The van der Waals surface area contributed by atoms with Gasteiger partial charge in [-0.3, -0.25) is 0 Å². The second-order valence-corrected chi connectivity index (χ2v) is 3.89. The van der Waals surface area contributed by atoms with E-state index in [4.69, 9.17) is 10.00 Å². The molecule has 0 saturated carbocycles. The number of methoxy groups -OCH3 is 1. The topological polar surface area (TPSA) is 33.0 Å². The molecule has 0 amide bonds. The zero-order valence-corrected chi connectivity index (χ0v) is 9.05. The molecule has 0 aliphatic heterocycles. The number of rotatable bonds is 5. The summed E-state index contributed by atoms with van der Waals surface area (Å²) < 4.78 is 5.29. The fourth-order valence-corrected chi connectivity index (χ4v) is 0.965. The molecule has 0 spiro atoms. The van der Waals surface area contributed by atoms with Gasteiger partial charge in [0.25, 0.3) is 0 Å². The Morgan fingerprint density at radius 1 is 1.54 bits per heavy atom. The van der Waals surface area contributed by atoms with Gasteiger partial charge >= 0.3 is 0 Å². The standard InChI is InChI=1S/C11H19NO/c1-10(7-9-12)6-5-8-11(2,3)13-4/h6H,5,7-8H2,1-4H3. The Morgan fingerprint density at radius 2 is 2.15 bits per heavy atom. The molecule has 0 aromatic heterocycles. The highest BCUT2D eigenvalue weighted by molar-refractivity contribution is 5.04. The van der Waals surface area contributed by atoms with Crippen LogP contribution >= 0.6 is 0 Å². The Bertz CT molecular complexity index is 211. The molecule has 0 aromatic carbocycles. The summed E-state index contributed by atoms with van der Waals surface area (Å²) in [7, 11) is 1.73. The van der Waals surface area contributed by atoms with Crippen molar-refractivity contribution in [1.29, 1.82) is 5.26 Å². The maximum Gasteiger partial charge on any atom is 0.0666 e. The summed E-state index contributed by atoms with van der Waals surface area (Å²) >= 11 is 0. The lowest BCUT2D eigenvalue weighted by molar-refractivity contribution is 0.0163. The zero-order chi connectivity index (χ0) is 10.3.